The van der Waals surface area contributed by atoms with Gasteiger partial charge in [0.25, 0.3) is 0 Å². The van der Waals surface area contributed by atoms with Crippen molar-refractivity contribution in [3.8, 4) is 0 Å². The summed E-state index contributed by atoms with van der Waals surface area (Å²) in [6, 6.07) is 0. The molecule has 0 saturated heterocycles. The van der Waals surface area contributed by atoms with Crippen molar-refractivity contribution in [1.29, 1.82) is 0 Å². The van der Waals surface area contributed by atoms with Gasteiger partial charge in [-0.2, -0.15) is 0 Å². The Morgan fingerprint density at radius 1 is 1.20 bits per heavy atom. The summed E-state index contributed by atoms with van der Waals surface area (Å²) in [5.41, 5.74) is 0. The molecule has 0 rings (SSSR count). The molecule has 0 aliphatic carbocycles. The molecule has 0 atom stereocenters. The van der Waals surface area contributed by atoms with E-state index in [4.69, 9.17) is 13.1 Å². The summed E-state index contributed by atoms with van der Waals surface area (Å²) in [4.78, 5) is 0. The van der Waals surface area contributed by atoms with Gasteiger partial charge in [0.05, 0.1) is 0 Å². The third-order valence-corrected chi connectivity index (χ3v) is 0.424. The van der Waals surface area contributed by atoms with Gasteiger partial charge >= 0.3 is 9.84 Å². The van der Waals surface area contributed by atoms with E-state index in [1.807, 2.05) is 0 Å². The Balaban J connectivity index is 2.86. The lowest BCUT2D eigenvalue weighted by Crippen LogP contribution is -1.58. The largest absolute Gasteiger partial charge is 0.817 e. The van der Waals surface area contributed by atoms with E-state index in [1.165, 1.54) is 0 Å². The molecule has 0 aromatic rings. The predicted molar refractivity (Wildman–Crippen MR) is 21.7 cm³/mol. The van der Waals surface area contributed by atoms with Crippen LogP contribution in [0.2, 0.25) is 0 Å². The van der Waals surface area contributed by atoms with Crippen LogP contribution in [0, 0.1) is 13.1 Å². The maximum atomic E-state index is 6.08. The fourth-order valence-electron chi connectivity index (χ4n) is 0.0354. The first-order chi connectivity index (χ1) is 2.41. The molecule has 0 amide bonds. The standard InChI is InChI=1S/C2H2N2Si/c1-3-5-4-2/h5H2. The minimum Gasteiger partial charge on any atom is -0.346 e. The van der Waals surface area contributed by atoms with Gasteiger partial charge in [-0.25, -0.2) is 0 Å². The first kappa shape index (κ1) is 4.20. The van der Waals surface area contributed by atoms with Gasteiger partial charge in [-0.15, -0.1) is 0 Å². The normalized spacial score (nSPS) is 4.40. The van der Waals surface area contributed by atoms with Gasteiger partial charge < -0.3 is 9.02 Å². The smallest absolute Gasteiger partial charge is 0.346 e. The van der Waals surface area contributed by atoms with Crippen LogP contribution in [0.1, 0.15) is 0 Å². The van der Waals surface area contributed by atoms with Gasteiger partial charge in [0.2, 0.25) is 0 Å². The number of nitrogens with zero attached hydrogens (tertiary/aromatic N) is 2. The van der Waals surface area contributed by atoms with Crippen LogP contribution in [0.15, 0.2) is 0 Å². The van der Waals surface area contributed by atoms with E-state index < -0.39 is 9.84 Å². The zero-order chi connectivity index (χ0) is 4.12. The predicted octanol–water partition coefficient (Wildman–Crippen LogP) is -0.176. The average Bonchev–Trinajstić information content (AvgIpc) is 1.41. The quantitative estimate of drug-likeness (QED) is 0.283. The van der Waals surface area contributed by atoms with Gasteiger partial charge in [0, 0.05) is 0 Å². The first-order valence-corrected chi connectivity index (χ1v) is 2.34. The average molecular weight is 82.1 g/mol. The maximum Gasteiger partial charge on any atom is 0.817 e. The summed E-state index contributed by atoms with van der Waals surface area (Å²) in [7, 11) is -0.985. The van der Waals surface area contributed by atoms with E-state index in [-0.39, 0.29) is 0 Å². The summed E-state index contributed by atoms with van der Waals surface area (Å²) in [5, 5.41) is 0. The van der Waals surface area contributed by atoms with Crippen molar-refractivity contribution in [3.05, 3.63) is 22.2 Å². The lowest BCUT2D eigenvalue weighted by Gasteiger charge is -1.49. The Hall–Kier alpha value is -0.803. The van der Waals surface area contributed by atoms with Crippen molar-refractivity contribution in [2.45, 2.75) is 0 Å². The van der Waals surface area contributed by atoms with Crippen LogP contribution in [0.3, 0.4) is 0 Å². The molecule has 0 N–H and O–H groups in total. The van der Waals surface area contributed by atoms with Gasteiger partial charge in [-0.3, -0.25) is 13.1 Å². The SMILES string of the molecule is [C-]#[N+][SiH2][N+]#[C-]. The van der Waals surface area contributed by atoms with Gasteiger partial charge in [0.15, 0.2) is 0 Å². The Kier molecular flexibility index (Phi) is 2.68. The van der Waals surface area contributed by atoms with E-state index in [1.54, 1.807) is 0 Å². The second-order valence-corrected chi connectivity index (χ2v) is 1.37. The summed E-state index contributed by atoms with van der Waals surface area (Å²) in [6.45, 7) is 12.2. The van der Waals surface area contributed by atoms with Crippen LogP contribution in [-0.4, -0.2) is 9.84 Å². The van der Waals surface area contributed by atoms with Crippen molar-refractivity contribution in [3.63, 3.8) is 0 Å². The van der Waals surface area contributed by atoms with Crippen molar-refractivity contribution >= 4 is 9.84 Å². The van der Waals surface area contributed by atoms with E-state index in [2.05, 4.69) is 9.02 Å². The van der Waals surface area contributed by atoms with Crippen LogP contribution < -0.4 is 0 Å². The second-order valence-electron chi connectivity index (χ2n) is 0.458. The van der Waals surface area contributed by atoms with Gasteiger partial charge in [-0.05, 0) is 0 Å². The molecular weight excluding hydrogens is 80.1 g/mol. The molecule has 24 valence electrons. The summed E-state index contributed by atoms with van der Waals surface area (Å²) in [6.07, 6.45) is 0. The Bertz CT molecular complexity index is 72.8. The van der Waals surface area contributed by atoms with Crippen LogP contribution in [-0.2, 0) is 0 Å². The topological polar surface area (TPSA) is 8.72 Å². The van der Waals surface area contributed by atoms with E-state index in [0.717, 1.165) is 0 Å². The van der Waals surface area contributed by atoms with Crippen LogP contribution in [0.25, 0.3) is 9.02 Å². The lowest BCUT2D eigenvalue weighted by molar-refractivity contribution is 2.38. The highest BCUT2D eigenvalue weighted by molar-refractivity contribution is 6.43. The summed E-state index contributed by atoms with van der Waals surface area (Å²) < 4.78 is 5.78. The van der Waals surface area contributed by atoms with Gasteiger partial charge in [0.1, 0.15) is 0 Å². The molecule has 0 saturated carbocycles. The van der Waals surface area contributed by atoms with Crippen LogP contribution in [0.5, 0.6) is 0 Å². The van der Waals surface area contributed by atoms with Crippen LogP contribution in [0.4, 0.5) is 0 Å². The molecule has 0 heterocycles. The number of rotatable bonds is 0. The molecule has 0 aromatic heterocycles. The zero-order valence-corrected chi connectivity index (χ0v) is 4.02. The van der Waals surface area contributed by atoms with Crippen molar-refractivity contribution in [1.82, 2.24) is 0 Å². The Labute approximate surface area is 33.0 Å². The third kappa shape index (κ3) is 3.20. The molecule has 0 unspecified atom stereocenters. The van der Waals surface area contributed by atoms with E-state index in [9.17, 15) is 0 Å². The highest BCUT2D eigenvalue weighted by Crippen LogP contribution is 1.55. The molecule has 2 nitrogen and oxygen atoms in total. The fourth-order valence-corrected chi connectivity index (χ4v) is 0.106. The molecule has 0 fully saturated rings. The van der Waals surface area contributed by atoms with Crippen molar-refractivity contribution < 1.29 is 0 Å². The minimum atomic E-state index is -0.985. The summed E-state index contributed by atoms with van der Waals surface area (Å²) >= 11 is 0. The zero-order valence-electron chi connectivity index (χ0n) is 2.60. The fraction of sp³-hybridized carbons (Fsp3) is 0. The second kappa shape index (κ2) is 3.20. The number of hydrogen-bond acceptors (Lipinski definition) is 0. The first-order valence-electron chi connectivity index (χ1n) is 1.08. The molecule has 0 aliphatic rings. The molecule has 0 spiro atoms. The maximum absolute atomic E-state index is 6.08. The molecule has 3 heteroatoms. The van der Waals surface area contributed by atoms with E-state index >= 15 is 0 Å². The molecule has 0 bridgehead atoms. The van der Waals surface area contributed by atoms with Crippen molar-refractivity contribution in [2.24, 2.45) is 0 Å². The Morgan fingerprint density at radius 3 is 1.60 bits per heavy atom. The Morgan fingerprint density at radius 2 is 1.60 bits per heavy atom. The molecule has 0 radical (unpaired) electrons. The molecule has 0 aliphatic heterocycles. The van der Waals surface area contributed by atoms with E-state index in [0.29, 0.717) is 0 Å². The van der Waals surface area contributed by atoms with Gasteiger partial charge in [-0.1, -0.05) is 0 Å². The highest BCUT2D eigenvalue weighted by Gasteiger charge is 1.82. The highest BCUT2D eigenvalue weighted by atomic mass is 28.2. The third-order valence-electron chi connectivity index (χ3n) is 0.141. The molecule has 5 heavy (non-hydrogen) atoms. The molecular formula is C2H2N2Si. The lowest BCUT2D eigenvalue weighted by atomic mass is 11.8. The summed E-state index contributed by atoms with van der Waals surface area (Å²) in [5.74, 6) is 0. The van der Waals surface area contributed by atoms with Crippen molar-refractivity contribution in [2.75, 3.05) is 0 Å². The minimum absolute atomic E-state index is 0.985. The molecule has 0 aromatic carbocycles. The monoisotopic (exact) mass is 82.0 g/mol. The number of hydrogen-bond donors (Lipinski definition) is 0. The van der Waals surface area contributed by atoms with Crippen LogP contribution >= 0.6 is 0 Å².